The van der Waals surface area contributed by atoms with Crippen LogP contribution in [0.4, 0.5) is 0 Å². The van der Waals surface area contributed by atoms with Crippen molar-refractivity contribution in [2.75, 3.05) is 13.7 Å². The number of rotatable bonds is 4. The smallest absolute Gasteiger partial charge is 0.341 e. The Morgan fingerprint density at radius 2 is 2.32 bits per heavy atom. The minimum Gasteiger partial charge on any atom is -0.465 e. The zero-order valence-corrected chi connectivity index (χ0v) is 13.3. The van der Waals surface area contributed by atoms with Gasteiger partial charge >= 0.3 is 5.97 Å². The number of methoxy groups -OCH3 is 1. The van der Waals surface area contributed by atoms with Crippen molar-refractivity contribution in [2.24, 2.45) is 0 Å². The van der Waals surface area contributed by atoms with E-state index in [1.54, 1.807) is 16.6 Å². The lowest BCUT2D eigenvalue weighted by Gasteiger charge is -2.27. The molecule has 1 saturated heterocycles. The molecule has 0 aromatic carbocycles. The van der Waals surface area contributed by atoms with Crippen molar-refractivity contribution in [1.82, 2.24) is 19.5 Å². The van der Waals surface area contributed by atoms with Crippen LogP contribution in [0, 0.1) is 0 Å². The molecule has 1 fully saturated rings. The van der Waals surface area contributed by atoms with Crippen LogP contribution < -0.4 is 0 Å². The standard InChI is InChI=1S/C16H22N4O2/c1-11(2)19-8-4-6-12(19)10-14-17-15-13(16(21)22-3)7-5-9-20(15)18-14/h5,7,9,11-12H,4,6,8,10H2,1-3H3. The van der Waals surface area contributed by atoms with Gasteiger partial charge in [-0.05, 0) is 45.4 Å². The Balaban J connectivity index is 1.88. The van der Waals surface area contributed by atoms with Gasteiger partial charge in [0.25, 0.3) is 0 Å². The Morgan fingerprint density at radius 1 is 1.50 bits per heavy atom. The molecule has 0 N–H and O–H groups in total. The van der Waals surface area contributed by atoms with Crippen LogP contribution in [0.3, 0.4) is 0 Å². The summed E-state index contributed by atoms with van der Waals surface area (Å²) in [5, 5.41) is 4.52. The number of hydrogen-bond donors (Lipinski definition) is 0. The number of fused-ring (bicyclic) bond motifs is 1. The first-order valence-electron chi connectivity index (χ1n) is 7.78. The van der Waals surface area contributed by atoms with E-state index >= 15 is 0 Å². The van der Waals surface area contributed by atoms with Gasteiger partial charge in [0, 0.05) is 24.7 Å². The highest BCUT2D eigenvalue weighted by Gasteiger charge is 2.28. The third-order valence-electron chi connectivity index (χ3n) is 4.32. The molecule has 1 atom stereocenters. The fraction of sp³-hybridized carbons (Fsp3) is 0.562. The third kappa shape index (κ3) is 2.70. The van der Waals surface area contributed by atoms with E-state index in [4.69, 9.17) is 4.74 Å². The van der Waals surface area contributed by atoms with Gasteiger partial charge in [-0.15, -0.1) is 0 Å². The van der Waals surface area contributed by atoms with Gasteiger partial charge in [0.1, 0.15) is 5.56 Å². The average molecular weight is 302 g/mol. The van der Waals surface area contributed by atoms with E-state index in [0.717, 1.165) is 18.8 Å². The second-order valence-corrected chi connectivity index (χ2v) is 6.04. The molecule has 2 aromatic rings. The van der Waals surface area contributed by atoms with E-state index in [1.165, 1.54) is 20.0 Å². The molecule has 118 valence electrons. The summed E-state index contributed by atoms with van der Waals surface area (Å²) in [6, 6.07) is 4.53. The van der Waals surface area contributed by atoms with Gasteiger partial charge in [-0.25, -0.2) is 14.3 Å². The largest absolute Gasteiger partial charge is 0.465 e. The Labute approximate surface area is 130 Å². The molecule has 6 nitrogen and oxygen atoms in total. The summed E-state index contributed by atoms with van der Waals surface area (Å²) in [6.07, 6.45) is 5.04. The first-order valence-corrected chi connectivity index (χ1v) is 7.78. The maximum absolute atomic E-state index is 11.8. The molecule has 0 bridgehead atoms. The van der Waals surface area contributed by atoms with Crippen molar-refractivity contribution < 1.29 is 9.53 Å². The van der Waals surface area contributed by atoms with Crippen LogP contribution >= 0.6 is 0 Å². The lowest BCUT2D eigenvalue weighted by Crippen LogP contribution is -2.36. The highest BCUT2D eigenvalue weighted by molar-refractivity contribution is 5.95. The van der Waals surface area contributed by atoms with Crippen LogP contribution in [-0.4, -0.2) is 51.2 Å². The minimum atomic E-state index is -0.380. The molecule has 3 rings (SSSR count). The lowest BCUT2D eigenvalue weighted by atomic mass is 10.1. The Hall–Kier alpha value is -1.95. The fourth-order valence-electron chi connectivity index (χ4n) is 3.27. The van der Waals surface area contributed by atoms with Gasteiger partial charge in [-0.1, -0.05) is 0 Å². The van der Waals surface area contributed by atoms with Crippen LogP contribution in [0.15, 0.2) is 18.3 Å². The lowest BCUT2D eigenvalue weighted by molar-refractivity contribution is 0.0602. The number of nitrogens with zero attached hydrogens (tertiary/aromatic N) is 4. The van der Waals surface area contributed by atoms with Gasteiger partial charge in [-0.3, -0.25) is 4.90 Å². The van der Waals surface area contributed by atoms with Crippen LogP contribution in [0.25, 0.3) is 5.65 Å². The molecule has 3 heterocycles. The van der Waals surface area contributed by atoms with E-state index in [-0.39, 0.29) is 5.97 Å². The van der Waals surface area contributed by atoms with Crippen molar-refractivity contribution in [2.45, 2.75) is 45.2 Å². The average Bonchev–Trinajstić information content (AvgIpc) is 3.12. The summed E-state index contributed by atoms with van der Waals surface area (Å²) in [5.41, 5.74) is 1.02. The molecule has 22 heavy (non-hydrogen) atoms. The summed E-state index contributed by atoms with van der Waals surface area (Å²) in [4.78, 5) is 18.9. The maximum Gasteiger partial charge on any atom is 0.341 e. The van der Waals surface area contributed by atoms with E-state index in [9.17, 15) is 4.79 Å². The Morgan fingerprint density at radius 3 is 3.05 bits per heavy atom. The van der Waals surface area contributed by atoms with Gasteiger partial charge < -0.3 is 4.74 Å². The molecule has 0 amide bonds. The van der Waals surface area contributed by atoms with Crippen molar-refractivity contribution in [1.29, 1.82) is 0 Å². The van der Waals surface area contributed by atoms with E-state index < -0.39 is 0 Å². The number of carbonyl (C=O) groups is 1. The number of hydrogen-bond acceptors (Lipinski definition) is 5. The van der Waals surface area contributed by atoms with Crippen LogP contribution in [0.2, 0.25) is 0 Å². The van der Waals surface area contributed by atoms with Gasteiger partial charge in [0.15, 0.2) is 11.5 Å². The monoisotopic (exact) mass is 302 g/mol. The highest BCUT2D eigenvalue weighted by Crippen LogP contribution is 2.23. The molecule has 6 heteroatoms. The van der Waals surface area contributed by atoms with E-state index in [1.807, 2.05) is 6.20 Å². The molecule has 0 radical (unpaired) electrons. The topological polar surface area (TPSA) is 59.7 Å². The normalized spacial score (nSPS) is 19.2. The van der Waals surface area contributed by atoms with Crippen LogP contribution in [0.1, 0.15) is 42.9 Å². The second kappa shape index (κ2) is 6.04. The molecular formula is C16H22N4O2. The zero-order chi connectivity index (χ0) is 15.7. The number of likely N-dealkylation sites (tertiary alicyclic amines) is 1. The van der Waals surface area contributed by atoms with Crippen molar-refractivity contribution in [3.05, 3.63) is 29.7 Å². The van der Waals surface area contributed by atoms with Crippen molar-refractivity contribution >= 4 is 11.6 Å². The Bertz CT molecular complexity index is 680. The molecule has 1 aliphatic heterocycles. The number of pyridine rings is 1. The third-order valence-corrected chi connectivity index (χ3v) is 4.32. The molecule has 0 aliphatic carbocycles. The quantitative estimate of drug-likeness (QED) is 0.808. The van der Waals surface area contributed by atoms with Gasteiger partial charge in [0.05, 0.1) is 7.11 Å². The molecule has 2 aromatic heterocycles. The predicted molar refractivity (Wildman–Crippen MR) is 82.9 cm³/mol. The first-order chi connectivity index (χ1) is 10.6. The fourth-order valence-corrected chi connectivity index (χ4v) is 3.27. The minimum absolute atomic E-state index is 0.380. The highest BCUT2D eigenvalue weighted by atomic mass is 16.5. The molecule has 1 unspecified atom stereocenters. The van der Waals surface area contributed by atoms with Crippen molar-refractivity contribution in [3.63, 3.8) is 0 Å². The first kappa shape index (κ1) is 15.0. The van der Waals surface area contributed by atoms with Gasteiger partial charge in [-0.2, -0.15) is 5.10 Å². The summed E-state index contributed by atoms with van der Waals surface area (Å²) in [5.74, 6) is 0.406. The maximum atomic E-state index is 11.8. The summed E-state index contributed by atoms with van der Waals surface area (Å²) in [6.45, 7) is 5.60. The van der Waals surface area contributed by atoms with E-state index in [0.29, 0.717) is 23.3 Å². The van der Waals surface area contributed by atoms with Gasteiger partial charge in [0.2, 0.25) is 0 Å². The number of aromatic nitrogens is 3. The second-order valence-electron chi connectivity index (χ2n) is 6.04. The number of ether oxygens (including phenoxy) is 1. The Kier molecular flexibility index (Phi) is 4.11. The molecule has 0 saturated carbocycles. The van der Waals surface area contributed by atoms with E-state index in [2.05, 4.69) is 28.8 Å². The molecule has 0 spiro atoms. The van der Waals surface area contributed by atoms with Crippen LogP contribution in [0.5, 0.6) is 0 Å². The number of carbonyl (C=O) groups excluding carboxylic acids is 1. The summed E-state index contributed by atoms with van der Waals surface area (Å²) in [7, 11) is 1.38. The predicted octanol–water partition coefficient (Wildman–Crippen LogP) is 1.93. The SMILES string of the molecule is COC(=O)c1cccn2nc(CC3CCCN3C(C)C)nc12. The zero-order valence-electron chi connectivity index (χ0n) is 13.3. The molecular weight excluding hydrogens is 280 g/mol. The van der Waals surface area contributed by atoms with Crippen molar-refractivity contribution in [3.8, 4) is 0 Å². The molecule has 1 aliphatic rings. The number of esters is 1. The summed E-state index contributed by atoms with van der Waals surface area (Å²) < 4.78 is 6.47. The van der Waals surface area contributed by atoms with Crippen LogP contribution in [-0.2, 0) is 11.2 Å². The summed E-state index contributed by atoms with van der Waals surface area (Å²) >= 11 is 0.